The fourth-order valence-corrected chi connectivity index (χ4v) is 2.87. The van der Waals surface area contributed by atoms with Gasteiger partial charge in [0.05, 0.1) is 17.7 Å². The van der Waals surface area contributed by atoms with Crippen LogP contribution in [-0.2, 0) is 12.7 Å². The normalized spacial score (nSPS) is 12.1. The molecule has 27 heavy (non-hydrogen) atoms. The summed E-state index contributed by atoms with van der Waals surface area (Å²) in [6.07, 6.45) is -3.05. The van der Waals surface area contributed by atoms with Gasteiger partial charge in [-0.3, -0.25) is 15.7 Å². The van der Waals surface area contributed by atoms with Crippen LogP contribution in [0.3, 0.4) is 0 Å². The number of ether oxygens (including phenoxy) is 1. The zero-order valence-electron chi connectivity index (χ0n) is 13.8. The molecule has 3 rings (SSSR count). The van der Waals surface area contributed by atoms with Gasteiger partial charge in [-0.15, -0.1) is 11.3 Å². The average molecular weight is 393 g/mol. The Kier molecular flexibility index (Phi) is 5.72. The van der Waals surface area contributed by atoms with Crippen LogP contribution in [0.25, 0.3) is 0 Å². The first-order valence-electron chi connectivity index (χ1n) is 7.75. The lowest BCUT2D eigenvalue weighted by Gasteiger charge is -2.12. The van der Waals surface area contributed by atoms with E-state index in [4.69, 9.17) is 4.74 Å². The van der Waals surface area contributed by atoms with Gasteiger partial charge >= 0.3 is 6.18 Å². The average Bonchev–Trinajstić information content (AvgIpc) is 3.16. The van der Waals surface area contributed by atoms with Gasteiger partial charge in [0.2, 0.25) is 5.88 Å². The molecule has 0 bridgehead atoms. The molecule has 9 heteroatoms. The van der Waals surface area contributed by atoms with Crippen LogP contribution in [-0.4, -0.2) is 16.0 Å². The summed E-state index contributed by atoms with van der Waals surface area (Å²) >= 11 is 1.51. The summed E-state index contributed by atoms with van der Waals surface area (Å²) in [5, 5.41) is 11.3. The van der Waals surface area contributed by atoms with E-state index in [-0.39, 0.29) is 17.5 Å². The lowest BCUT2D eigenvalue weighted by atomic mass is 10.2. The van der Waals surface area contributed by atoms with Gasteiger partial charge in [-0.25, -0.2) is 4.98 Å². The predicted octanol–water partition coefficient (Wildman–Crippen LogP) is 4.88. The summed E-state index contributed by atoms with van der Waals surface area (Å²) in [4.78, 5) is 9.31. The maximum Gasteiger partial charge on any atom is 0.416 e. The molecule has 0 spiro atoms. The number of pyridine rings is 1. The number of aliphatic imine (C=N–C) groups is 1. The fraction of sp³-hybridized carbons (Fsp3) is 0.111. The molecule has 0 unspecified atom stereocenters. The van der Waals surface area contributed by atoms with Crippen molar-refractivity contribution in [2.24, 2.45) is 4.99 Å². The SMILES string of the molecule is ONC(=NCc1cccs1)c1cccnc1Oc1cccc(C(F)(F)F)c1. The number of rotatable bonds is 5. The van der Waals surface area contributed by atoms with Crippen LogP contribution in [0.4, 0.5) is 13.2 Å². The third-order valence-electron chi connectivity index (χ3n) is 3.48. The molecule has 0 radical (unpaired) electrons. The van der Waals surface area contributed by atoms with Crippen molar-refractivity contribution in [3.05, 3.63) is 76.1 Å². The maximum atomic E-state index is 12.9. The van der Waals surface area contributed by atoms with Crippen LogP contribution in [0.15, 0.2) is 65.1 Å². The number of alkyl halides is 3. The van der Waals surface area contributed by atoms with Crippen molar-refractivity contribution in [2.45, 2.75) is 12.7 Å². The van der Waals surface area contributed by atoms with Crippen LogP contribution in [0.5, 0.6) is 11.6 Å². The molecule has 3 aromatic rings. The lowest BCUT2D eigenvalue weighted by Crippen LogP contribution is -2.21. The molecule has 1 aromatic carbocycles. The van der Waals surface area contributed by atoms with E-state index in [1.807, 2.05) is 23.0 Å². The van der Waals surface area contributed by atoms with Crippen LogP contribution >= 0.6 is 11.3 Å². The molecule has 2 aromatic heterocycles. The van der Waals surface area contributed by atoms with Crippen molar-refractivity contribution in [3.8, 4) is 11.6 Å². The number of hydrogen-bond donors (Lipinski definition) is 2. The van der Waals surface area contributed by atoms with E-state index in [1.165, 1.54) is 29.7 Å². The van der Waals surface area contributed by atoms with E-state index in [1.54, 1.807) is 12.1 Å². The summed E-state index contributed by atoms with van der Waals surface area (Å²) in [7, 11) is 0. The van der Waals surface area contributed by atoms with Crippen LogP contribution in [0, 0.1) is 0 Å². The van der Waals surface area contributed by atoms with Gasteiger partial charge in [-0.2, -0.15) is 13.2 Å². The van der Waals surface area contributed by atoms with Gasteiger partial charge in [-0.05, 0) is 41.8 Å². The molecule has 0 aliphatic heterocycles. The van der Waals surface area contributed by atoms with E-state index < -0.39 is 11.7 Å². The van der Waals surface area contributed by atoms with E-state index in [9.17, 15) is 18.4 Å². The number of nitrogens with one attached hydrogen (secondary N) is 1. The number of nitrogens with zero attached hydrogens (tertiary/aromatic N) is 2. The second-order valence-electron chi connectivity index (χ2n) is 5.34. The maximum absolute atomic E-state index is 12.9. The first-order chi connectivity index (χ1) is 13.0. The monoisotopic (exact) mass is 393 g/mol. The Bertz CT molecular complexity index is 928. The van der Waals surface area contributed by atoms with Crippen molar-refractivity contribution < 1.29 is 23.1 Å². The molecule has 0 aliphatic rings. The van der Waals surface area contributed by atoms with E-state index in [0.29, 0.717) is 12.1 Å². The van der Waals surface area contributed by atoms with Crippen LogP contribution in [0.2, 0.25) is 0 Å². The van der Waals surface area contributed by atoms with Gasteiger partial charge in [0, 0.05) is 11.1 Å². The number of halogens is 3. The Morgan fingerprint density at radius 3 is 2.74 bits per heavy atom. The number of amidine groups is 1. The highest BCUT2D eigenvalue weighted by atomic mass is 32.1. The Balaban J connectivity index is 1.88. The van der Waals surface area contributed by atoms with E-state index in [0.717, 1.165) is 17.0 Å². The number of thiophene rings is 1. The van der Waals surface area contributed by atoms with E-state index >= 15 is 0 Å². The molecule has 0 saturated carbocycles. The summed E-state index contributed by atoms with van der Waals surface area (Å²) in [6, 6.07) is 11.4. The molecule has 2 heterocycles. The second kappa shape index (κ2) is 8.19. The van der Waals surface area contributed by atoms with Gasteiger partial charge in [0.25, 0.3) is 0 Å². The smallest absolute Gasteiger partial charge is 0.416 e. The summed E-state index contributed by atoms with van der Waals surface area (Å²) in [5.41, 5.74) is 1.48. The van der Waals surface area contributed by atoms with Crippen molar-refractivity contribution >= 4 is 17.2 Å². The molecule has 0 fully saturated rings. The minimum absolute atomic E-state index is 0.0169. The molecular weight excluding hydrogens is 379 g/mol. The third kappa shape index (κ3) is 4.83. The highest BCUT2D eigenvalue weighted by molar-refractivity contribution is 7.09. The van der Waals surface area contributed by atoms with Gasteiger partial charge < -0.3 is 4.74 Å². The lowest BCUT2D eigenvalue weighted by molar-refractivity contribution is -0.137. The van der Waals surface area contributed by atoms with Crippen molar-refractivity contribution in [2.75, 3.05) is 0 Å². The standard InChI is InChI=1S/C18H14F3N3O2S/c19-18(20,21)12-4-1-5-13(10-12)26-17-15(7-2-8-22-17)16(24-25)23-11-14-6-3-9-27-14/h1-10,25H,11H2,(H,23,24). The number of hydroxylamine groups is 1. The quantitative estimate of drug-likeness (QED) is 0.368. The Labute approximate surface area is 156 Å². The van der Waals surface area contributed by atoms with Crippen molar-refractivity contribution in [1.82, 2.24) is 10.5 Å². The Morgan fingerprint density at radius 2 is 2.04 bits per heavy atom. The Hall–Kier alpha value is -2.91. The largest absolute Gasteiger partial charge is 0.438 e. The summed E-state index contributed by atoms with van der Waals surface area (Å²) in [6.45, 7) is 0.318. The highest BCUT2D eigenvalue weighted by Gasteiger charge is 2.30. The molecular formula is C18H14F3N3O2S. The van der Waals surface area contributed by atoms with Crippen molar-refractivity contribution in [1.29, 1.82) is 0 Å². The summed E-state index contributed by atoms with van der Waals surface area (Å²) < 4.78 is 44.1. The number of aromatic nitrogens is 1. The van der Waals surface area contributed by atoms with Gasteiger partial charge in [0.15, 0.2) is 5.84 Å². The fourth-order valence-electron chi connectivity index (χ4n) is 2.24. The molecule has 5 nitrogen and oxygen atoms in total. The van der Waals surface area contributed by atoms with Gasteiger partial charge in [0.1, 0.15) is 5.75 Å². The first kappa shape index (κ1) is 18.9. The van der Waals surface area contributed by atoms with E-state index in [2.05, 4.69) is 9.98 Å². The zero-order valence-corrected chi connectivity index (χ0v) is 14.6. The predicted molar refractivity (Wildman–Crippen MR) is 95.2 cm³/mol. The second-order valence-corrected chi connectivity index (χ2v) is 6.37. The van der Waals surface area contributed by atoms with Crippen LogP contribution in [0.1, 0.15) is 16.0 Å². The summed E-state index contributed by atoms with van der Waals surface area (Å²) in [5.74, 6) is 0.0853. The molecule has 0 saturated heterocycles. The molecule has 0 aliphatic carbocycles. The topological polar surface area (TPSA) is 66.7 Å². The molecule has 0 atom stereocenters. The minimum Gasteiger partial charge on any atom is -0.438 e. The number of benzene rings is 1. The van der Waals surface area contributed by atoms with Gasteiger partial charge in [-0.1, -0.05) is 12.1 Å². The van der Waals surface area contributed by atoms with Crippen molar-refractivity contribution in [3.63, 3.8) is 0 Å². The highest BCUT2D eigenvalue weighted by Crippen LogP contribution is 2.33. The zero-order chi connectivity index (χ0) is 19.3. The molecule has 2 N–H and O–H groups in total. The van der Waals surface area contributed by atoms with Crippen LogP contribution < -0.4 is 10.2 Å². The Morgan fingerprint density at radius 1 is 1.19 bits per heavy atom. The molecule has 140 valence electrons. The first-order valence-corrected chi connectivity index (χ1v) is 8.63. The third-order valence-corrected chi connectivity index (χ3v) is 4.34. The minimum atomic E-state index is -4.48. The number of hydrogen-bond acceptors (Lipinski definition) is 5. The molecule has 0 amide bonds.